The third-order valence-corrected chi connectivity index (χ3v) is 4.96. The van der Waals surface area contributed by atoms with E-state index in [1.807, 2.05) is 25.1 Å². The molecule has 0 heterocycles. The standard InChI is InChI=1S/C20H24FIN2O3/c1-23(2)8-9-24(13-14-6-5-7-15(21)10-14)20(25)16-11-18(26-3)19(27-4)12-17(16)22/h5-7,10-12H,8-9,13H2,1-4H3. The highest BCUT2D eigenvalue weighted by Gasteiger charge is 2.21. The maximum atomic E-state index is 13.6. The zero-order chi connectivity index (χ0) is 20.0. The van der Waals surface area contributed by atoms with Crippen molar-refractivity contribution in [2.45, 2.75) is 6.54 Å². The highest BCUT2D eigenvalue weighted by Crippen LogP contribution is 2.32. The molecule has 0 fully saturated rings. The molecule has 5 nitrogen and oxygen atoms in total. The fourth-order valence-corrected chi connectivity index (χ4v) is 3.29. The Kier molecular flexibility index (Phi) is 7.85. The molecule has 0 spiro atoms. The van der Waals surface area contributed by atoms with E-state index >= 15 is 0 Å². The predicted molar refractivity (Wildman–Crippen MR) is 112 cm³/mol. The normalized spacial score (nSPS) is 10.8. The van der Waals surface area contributed by atoms with Crippen molar-refractivity contribution in [3.63, 3.8) is 0 Å². The third kappa shape index (κ3) is 5.80. The Morgan fingerprint density at radius 3 is 2.33 bits per heavy atom. The molecular formula is C20H24FIN2O3. The van der Waals surface area contributed by atoms with Gasteiger partial charge >= 0.3 is 0 Å². The zero-order valence-corrected chi connectivity index (χ0v) is 18.1. The Bertz CT molecular complexity index is 799. The SMILES string of the molecule is COc1cc(I)c(C(=O)N(CCN(C)C)Cc2cccc(F)c2)cc1OC. The predicted octanol–water partition coefficient (Wildman–Crippen LogP) is 3.65. The fraction of sp³-hybridized carbons (Fsp3) is 0.350. The van der Waals surface area contributed by atoms with Gasteiger partial charge in [-0.2, -0.15) is 0 Å². The number of methoxy groups -OCH3 is 2. The molecular weight excluding hydrogens is 462 g/mol. The number of hydrogen-bond donors (Lipinski definition) is 0. The molecule has 0 saturated heterocycles. The van der Waals surface area contributed by atoms with Crippen molar-refractivity contribution in [3.8, 4) is 11.5 Å². The number of likely N-dealkylation sites (N-methyl/N-ethyl adjacent to an activating group) is 1. The van der Waals surface area contributed by atoms with Gasteiger partial charge in [-0.25, -0.2) is 4.39 Å². The first kappa shape index (κ1) is 21.4. The molecule has 0 aliphatic heterocycles. The van der Waals surface area contributed by atoms with Crippen molar-refractivity contribution in [2.24, 2.45) is 0 Å². The van der Waals surface area contributed by atoms with Crippen LogP contribution in [0.15, 0.2) is 36.4 Å². The van der Waals surface area contributed by atoms with Crippen LogP contribution in [-0.2, 0) is 6.54 Å². The molecule has 1 amide bonds. The van der Waals surface area contributed by atoms with E-state index in [9.17, 15) is 9.18 Å². The lowest BCUT2D eigenvalue weighted by Gasteiger charge is -2.25. The van der Waals surface area contributed by atoms with Crippen LogP contribution in [0.1, 0.15) is 15.9 Å². The molecule has 0 aromatic heterocycles. The van der Waals surface area contributed by atoms with Crippen molar-refractivity contribution < 1.29 is 18.7 Å². The molecule has 2 aromatic rings. The Labute approximate surface area is 173 Å². The van der Waals surface area contributed by atoms with Gasteiger partial charge in [-0.1, -0.05) is 12.1 Å². The summed E-state index contributed by atoms with van der Waals surface area (Å²) in [4.78, 5) is 17.0. The van der Waals surface area contributed by atoms with Crippen LogP contribution in [0.25, 0.3) is 0 Å². The van der Waals surface area contributed by atoms with Gasteiger partial charge in [0.1, 0.15) is 5.82 Å². The molecule has 2 rings (SSSR count). The summed E-state index contributed by atoms with van der Waals surface area (Å²) in [7, 11) is 6.99. The van der Waals surface area contributed by atoms with Gasteiger partial charge in [0.15, 0.2) is 11.5 Å². The summed E-state index contributed by atoms with van der Waals surface area (Å²) in [5.74, 6) is 0.627. The smallest absolute Gasteiger partial charge is 0.255 e. The average molecular weight is 486 g/mol. The molecule has 0 radical (unpaired) electrons. The van der Waals surface area contributed by atoms with E-state index in [4.69, 9.17) is 9.47 Å². The largest absolute Gasteiger partial charge is 0.493 e. The van der Waals surface area contributed by atoms with Gasteiger partial charge in [-0.05, 0) is 66.5 Å². The Hall–Kier alpha value is -1.87. The molecule has 0 aliphatic rings. The molecule has 0 saturated carbocycles. The highest BCUT2D eigenvalue weighted by molar-refractivity contribution is 14.1. The van der Waals surface area contributed by atoms with E-state index in [0.717, 1.165) is 9.13 Å². The lowest BCUT2D eigenvalue weighted by molar-refractivity contribution is 0.0730. The first-order valence-corrected chi connectivity index (χ1v) is 9.53. The molecule has 0 bridgehead atoms. The number of halogens is 2. The van der Waals surface area contributed by atoms with E-state index in [1.165, 1.54) is 19.2 Å². The number of carbonyl (C=O) groups is 1. The minimum Gasteiger partial charge on any atom is -0.493 e. The molecule has 0 N–H and O–H groups in total. The van der Waals surface area contributed by atoms with Crippen molar-refractivity contribution >= 4 is 28.5 Å². The summed E-state index contributed by atoms with van der Waals surface area (Å²) in [6, 6.07) is 9.79. The van der Waals surface area contributed by atoms with Crippen LogP contribution in [0.2, 0.25) is 0 Å². The molecule has 0 aliphatic carbocycles. The highest BCUT2D eigenvalue weighted by atomic mass is 127. The summed E-state index contributed by atoms with van der Waals surface area (Å²) in [6.45, 7) is 1.55. The quantitative estimate of drug-likeness (QED) is 0.535. The maximum Gasteiger partial charge on any atom is 0.255 e. The number of ether oxygens (including phenoxy) is 2. The molecule has 27 heavy (non-hydrogen) atoms. The number of rotatable bonds is 8. The van der Waals surface area contributed by atoms with E-state index < -0.39 is 0 Å². The summed E-state index contributed by atoms with van der Waals surface area (Å²) in [5.41, 5.74) is 1.28. The fourth-order valence-electron chi connectivity index (χ4n) is 2.62. The molecule has 0 unspecified atom stereocenters. The maximum absolute atomic E-state index is 13.6. The molecule has 146 valence electrons. The van der Waals surface area contributed by atoms with E-state index in [0.29, 0.717) is 36.7 Å². The first-order valence-electron chi connectivity index (χ1n) is 8.45. The molecule has 2 aromatic carbocycles. The minimum absolute atomic E-state index is 0.133. The second-order valence-electron chi connectivity index (χ2n) is 6.35. The summed E-state index contributed by atoms with van der Waals surface area (Å²) in [5, 5.41) is 0. The van der Waals surface area contributed by atoms with Gasteiger partial charge in [-0.3, -0.25) is 4.79 Å². The van der Waals surface area contributed by atoms with Crippen LogP contribution in [0, 0.1) is 9.39 Å². The zero-order valence-electron chi connectivity index (χ0n) is 16.0. The summed E-state index contributed by atoms with van der Waals surface area (Å²) >= 11 is 2.12. The Balaban J connectivity index is 2.35. The lowest BCUT2D eigenvalue weighted by atomic mass is 10.1. The van der Waals surface area contributed by atoms with Gasteiger partial charge in [0.05, 0.1) is 19.8 Å². The van der Waals surface area contributed by atoms with Crippen LogP contribution in [0.3, 0.4) is 0 Å². The first-order chi connectivity index (χ1) is 12.8. The Morgan fingerprint density at radius 2 is 1.74 bits per heavy atom. The summed E-state index contributed by atoms with van der Waals surface area (Å²) in [6.07, 6.45) is 0. The van der Waals surface area contributed by atoms with Crippen molar-refractivity contribution in [3.05, 3.63) is 56.9 Å². The van der Waals surface area contributed by atoms with Gasteiger partial charge in [-0.15, -0.1) is 0 Å². The van der Waals surface area contributed by atoms with Gasteiger partial charge in [0.2, 0.25) is 0 Å². The molecule has 7 heteroatoms. The second-order valence-corrected chi connectivity index (χ2v) is 7.51. The third-order valence-electron chi connectivity index (χ3n) is 4.07. The minimum atomic E-state index is -0.312. The van der Waals surface area contributed by atoms with Crippen LogP contribution in [0.4, 0.5) is 4.39 Å². The van der Waals surface area contributed by atoms with E-state index in [1.54, 1.807) is 30.2 Å². The second kappa shape index (κ2) is 9.89. The van der Waals surface area contributed by atoms with Crippen LogP contribution < -0.4 is 9.47 Å². The number of benzene rings is 2. The number of carbonyl (C=O) groups excluding carboxylic acids is 1. The van der Waals surface area contributed by atoms with Crippen LogP contribution in [-0.4, -0.2) is 57.1 Å². The lowest BCUT2D eigenvalue weighted by Crippen LogP contribution is -2.36. The van der Waals surface area contributed by atoms with Crippen LogP contribution >= 0.6 is 22.6 Å². The topological polar surface area (TPSA) is 42.0 Å². The number of hydrogen-bond acceptors (Lipinski definition) is 4. The van der Waals surface area contributed by atoms with Crippen molar-refractivity contribution in [2.75, 3.05) is 41.4 Å². The van der Waals surface area contributed by atoms with Crippen LogP contribution in [0.5, 0.6) is 11.5 Å². The number of amides is 1. The van der Waals surface area contributed by atoms with Gasteiger partial charge in [0.25, 0.3) is 5.91 Å². The van der Waals surface area contributed by atoms with Gasteiger partial charge < -0.3 is 19.3 Å². The average Bonchev–Trinajstić information content (AvgIpc) is 2.64. The monoisotopic (exact) mass is 486 g/mol. The molecule has 0 atom stereocenters. The van der Waals surface area contributed by atoms with E-state index in [2.05, 4.69) is 22.6 Å². The van der Waals surface area contributed by atoms with Crippen molar-refractivity contribution in [1.29, 1.82) is 0 Å². The van der Waals surface area contributed by atoms with Gasteiger partial charge in [0, 0.05) is 23.2 Å². The number of nitrogens with zero attached hydrogens (tertiary/aromatic N) is 2. The van der Waals surface area contributed by atoms with Crippen molar-refractivity contribution in [1.82, 2.24) is 9.80 Å². The Morgan fingerprint density at radius 1 is 1.07 bits per heavy atom. The van der Waals surface area contributed by atoms with E-state index in [-0.39, 0.29) is 11.7 Å². The summed E-state index contributed by atoms with van der Waals surface area (Å²) < 4.78 is 25.0.